The van der Waals surface area contributed by atoms with Crippen molar-refractivity contribution < 1.29 is 9.53 Å². The molecule has 4 fully saturated rings. The molecule has 3 atom stereocenters. The van der Waals surface area contributed by atoms with Crippen LogP contribution in [0.1, 0.15) is 88.7 Å². The molecule has 3 aliphatic carbocycles. The van der Waals surface area contributed by atoms with Gasteiger partial charge in [-0.25, -0.2) is 9.78 Å². The maximum absolute atomic E-state index is 13.8. The molecule has 6 rings (SSSR count). The number of aromatic nitrogens is 4. The zero-order chi connectivity index (χ0) is 25.2. The Balaban J connectivity index is 1.12. The highest BCUT2D eigenvalue weighted by atomic mass is 16.5. The molecule has 1 aliphatic heterocycles. The third kappa shape index (κ3) is 5.39. The van der Waals surface area contributed by atoms with Gasteiger partial charge >= 0.3 is 6.03 Å². The summed E-state index contributed by atoms with van der Waals surface area (Å²) in [7, 11) is 0. The van der Waals surface area contributed by atoms with Gasteiger partial charge in [0.25, 0.3) is 0 Å². The van der Waals surface area contributed by atoms with Crippen LogP contribution < -0.4 is 16.4 Å². The molecule has 2 aromatic heterocycles. The molecule has 2 aromatic rings. The number of nitrogen functional groups attached to an aromatic ring is 1. The largest absolute Gasteiger partial charge is 0.380 e. The molecular formula is C27H40N8O2. The molecule has 200 valence electrons. The number of nitrogens with zero attached hydrogens (tertiary/aromatic N) is 4. The molecule has 4 aliphatic rings. The van der Waals surface area contributed by atoms with Crippen molar-refractivity contribution >= 4 is 23.6 Å². The van der Waals surface area contributed by atoms with Crippen LogP contribution in [-0.4, -0.2) is 62.4 Å². The van der Waals surface area contributed by atoms with Crippen molar-refractivity contribution in [3.8, 4) is 0 Å². The van der Waals surface area contributed by atoms with Crippen molar-refractivity contribution in [2.45, 2.75) is 101 Å². The minimum atomic E-state index is 0.160. The van der Waals surface area contributed by atoms with Crippen LogP contribution in [0.5, 0.6) is 0 Å². The third-order valence-corrected chi connectivity index (χ3v) is 9.05. The van der Waals surface area contributed by atoms with Gasteiger partial charge in [-0.1, -0.05) is 25.7 Å². The summed E-state index contributed by atoms with van der Waals surface area (Å²) in [6, 6.07) is 4.86. The van der Waals surface area contributed by atoms with Gasteiger partial charge in [-0.3, -0.25) is 5.10 Å². The number of nitrogens with two attached hydrogens (primary N) is 1. The topological polar surface area (TPSA) is 134 Å². The van der Waals surface area contributed by atoms with E-state index in [1.54, 1.807) is 12.3 Å². The highest BCUT2D eigenvalue weighted by Gasteiger charge is 2.44. The van der Waals surface area contributed by atoms with Crippen LogP contribution in [0.3, 0.4) is 0 Å². The first-order chi connectivity index (χ1) is 18.1. The van der Waals surface area contributed by atoms with Crippen LogP contribution in [0, 0.1) is 5.41 Å². The minimum Gasteiger partial charge on any atom is -0.380 e. The molecule has 37 heavy (non-hydrogen) atoms. The minimum absolute atomic E-state index is 0.160. The number of urea groups is 1. The lowest BCUT2D eigenvalue weighted by molar-refractivity contribution is -0.135. The van der Waals surface area contributed by atoms with E-state index in [0.717, 1.165) is 63.9 Å². The Morgan fingerprint density at radius 1 is 1.08 bits per heavy atom. The summed E-state index contributed by atoms with van der Waals surface area (Å²) in [6.07, 6.45) is 15.2. The summed E-state index contributed by atoms with van der Waals surface area (Å²) in [6.45, 7) is 1.73. The highest BCUT2D eigenvalue weighted by molar-refractivity contribution is 5.75. The van der Waals surface area contributed by atoms with Crippen molar-refractivity contribution in [1.82, 2.24) is 30.4 Å². The molecular weight excluding hydrogens is 468 g/mol. The maximum atomic E-state index is 13.8. The van der Waals surface area contributed by atoms with E-state index >= 15 is 0 Å². The first-order valence-electron chi connectivity index (χ1n) is 14.1. The Hall–Kier alpha value is -2.88. The quantitative estimate of drug-likeness (QED) is 0.452. The number of aromatic amines is 1. The predicted octanol–water partition coefficient (Wildman–Crippen LogP) is 4.47. The number of rotatable bonds is 6. The van der Waals surface area contributed by atoms with Gasteiger partial charge in [0.05, 0.1) is 13.2 Å². The molecule has 5 N–H and O–H groups in total. The third-order valence-electron chi connectivity index (χ3n) is 9.05. The zero-order valence-corrected chi connectivity index (χ0v) is 21.6. The summed E-state index contributed by atoms with van der Waals surface area (Å²) in [4.78, 5) is 24.2. The molecule has 1 saturated heterocycles. The van der Waals surface area contributed by atoms with Crippen LogP contribution >= 0.6 is 0 Å². The van der Waals surface area contributed by atoms with E-state index in [4.69, 9.17) is 10.5 Å². The van der Waals surface area contributed by atoms with Crippen LogP contribution in [-0.2, 0) is 4.74 Å². The fourth-order valence-electron chi connectivity index (χ4n) is 7.14. The molecule has 10 heteroatoms. The molecule has 0 radical (unpaired) electrons. The van der Waals surface area contributed by atoms with Crippen molar-refractivity contribution in [1.29, 1.82) is 0 Å². The first-order valence-corrected chi connectivity index (χ1v) is 14.1. The molecule has 3 unspecified atom stereocenters. The van der Waals surface area contributed by atoms with Crippen molar-refractivity contribution in [3.63, 3.8) is 0 Å². The van der Waals surface area contributed by atoms with Crippen LogP contribution in [0.15, 0.2) is 18.3 Å². The summed E-state index contributed by atoms with van der Waals surface area (Å²) in [5, 5.41) is 14.3. The van der Waals surface area contributed by atoms with Gasteiger partial charge in [0.2, 0.25) is 5.95 Å². The molecule has 0 bridgehead atoms. The van der Waals surface area contributed by atoms with Gasteiger partial charge in [0.1, 0.15) is 5.82 Å². The van der Waals surface area contributed by atoms with Gasteiger partial charge in [0, 0.05) is 47.4 Å². The van der Waals surface area contributed by atoms with Crippen LogP contribution in [0.25, 0.3) is 0 Å². The lowest BCUT2D eigenvalue weighted by Gasteiger charge is -2.47. The van der Waals surface area contributed by atoms with Crippen molar-refractivity contribution in [2.24, 2.45) is 5.41 Å². The lowest BCUT2D eigenvalue weighted by Crippen LogP contribution is -2.56. The number of hydrogen-bond acceptors (Lipinski definition) is 7. The van der Waals surface area contributed by atoms with E-state index in [1.807, 2.05) is 0 Å². The Labute approximate surface area is 218 Å². The van der Waals surface area contributed by atoms with E-state index < -0.39 is 0 Å². The molecule has 2 amide bonds. The average molecular weight is 509 g/mol. The standard InChI is InChI=1S/C27H40N8O2/c28-25-29-12-10-23(32-25)31-24-14-22(33-34-24)18-8-9-21(13-18)35(20-6-2-1-3-7-20)26(36)30-19-5-4-11-27(15-19)16-37-17-27/h10,12,14,18-21H,1-9,11,13,15-17H2,(H,30,36)(H4,28,29,31,32,33,34). The van der Waals surface area contributed by atoms with Crippen LogP contribution in [0.4, 0.5) is 22.4 Å². The number of hydrogen-bond donors (Lipinski definition) is 4. The second-order valence-corrected chi connectivity index (χ2v) is 11.7. The smallest absolute Gasteiger partial charge is 0.318 e. The molecule has 0 aromatic carbocycles. The number of amides is 2. The van der Waals surface area contributed by atoms with Crippen molar-refractivity contribution in [3.05, 3.63) is 24.0 Å². The Morgan fingerprint density at radius 3 is 2.73 bits per heavy atom. The Bertz CT molecular complexity index is 1080. The molecule has 1 spiro atoms. The maximum Gasteiger partial charge on any atom is 0.318 e. The normalized spacial score (nSPS) is 27.5. The van der Waals surface area contributed by atoms with E-state index in [0.29, 0.717) is 29.0 Å². The van der Waals surface area contributed by atoms with Gasteiger partial charge in [-0.05, 0) is 57.4 Å². The average Bonchev–Trinajstić information content (AvgIpc) is 3.54. The Morgan fingerprint density at radius 2 is 1.95 bits per heavy atom. The van der Waals surface area contributed by atoms with E-state index in [2.05, 4.69) is 41.8 Å². The van der Waals surface area contributed by atoms with Gasteiger partial charge in [-0.2, -0.15) is 10.1 Å². The number of carbonyl (C=O) groups excluding carboxylic acids is 1. The van der Waals surface area contributed by atoms with E-state index in [1.165, 1.54) is 32.1 Å². The number of nitrogens with one attached hydrogen (secondary N) is 3. The molecule has 3 saturated carbocycles. The molecule has 10 nitrogen and oxygen atoms in total. The second kappa shape index (κ2) is 10.5. The summed E-state index contributed by atoms with van der Waals surface area (Å²) >= 11 is 0. The first kappa shape index (κ1) is 24.5. The number of H-pyrrole nitrogens is 1. The summed E-state index contributed by atoms with van der Waals surface area (Å²) < 4.78 is 5.54. The fourth-order valence-corrected chi connectivity index (χ4v) is 7.14. The Kier molecular flexibility index (Phi) is 6.92. The number of ether oxygens (including phenoxy) is 1. The monoisotopic (exact) mass is 508 g/mol. The second-order valence-electron chi connectivity index (χ2n) is 11.7. The predicted molar refractivity (Wildman–Crippen MR) is 141 cm³/mol. The van der Waals surface area contributed by atoms with Gasteiger partial charge in [-0.15, -0.1) is 0 Å². The van der Waals surface area contributed by atoms with E-state index in [-0.39, 0.29) is 24.1 Å². The SMILES string of the molecule is Nc1nccc(Nc2cc(C3CCC(N(C(=O)NC4CCCC5(COC5)C4)C4CCCCC4)C3)[nH]n2)n1. The fraction of sp³-hybridized carbons (Fsp3) is 0.704. The zero-order valence-electron chi connectivity index (χ0n) is 21.6. The molecule has 3 heterocycles. The lowest BCUT2D eigenvalue weighted by atomic mass is 9.71. The van der Waals surface area contributed by atoms with Crippen molar-refractivity contribution in [2.75, 3.05) is 24.3 Å². The van der Waals surface area contributed by atoms with E-state index in [9.17, 15) is 4.79 Å². The highest BCUT2D eigenvalue weighted by Crippen LogP contribution is 2.43. The van der Waals surface area contributed by atoms with Gasteiger partial charge in [0.15, 0.2) is 5.82 Å². The van der Waals surface area contributed by atoms with Gasteiger partial charge < -0.3 is 26.0 Å². The number of anilines is 3. The number of carbonyl (C=O) groups is 1. The summed E-state index contributed by atoms with van der Waals surface area (Å²) in [5.41, 5.74) is 7.12. The summed E-state index contributed by atoms with van der Waals surface area (Å²) in [5.74, 6) is 1.91. The van der Waals surface area contributed by atoms with Crippen LogP contribution in [0.2, 0.25) is 0 Å².